The van der Waals surface area contributed by atoms with Crippen LogP contribution in [0.4, 0.5) is 0 Å². The van der Waals surface area contributed by atoms with Gasteiger partial charge in [0.2, 0.25) is 0 Å². The first-order chi connectivity index (χ1) is 7.12. The maximum Gasteiger partial charge on any atom is 0.0404 e. The molecule has 0 aliphatic carbocycles. The summed E-state index contributed by atoms with van der Waals surface area (Å²) in [6, 6.07) is 0. The minimum absolute atomic E-state index is 1.09. The summed E-state index contributed by atoms with van der Waals surface area (Å²) in [6.07, 6.45) is 5.48. The highest BCUT2D eigenvalue weighted by Crippen LogP contribution is 2.16. The number of hydrogen-bond donors (Lipinski definition) is 0. The van der Waals surface area contributed by atoms with Crippen LogP contribution < -0.4 is 0 Å². The van der Waals surface area contributed by atoms with E-state index in [1.807, 2.05) is 6.20 Å². The van der Waals surface area contributed by atoms with Crippen LogP contribution in [-0.4, -0.2) is 4.98 Å². The number of hydrogen-bond acceptors (Lipinski definition) is 1. The third kappa shape index (κ3) is 4.03. The second-order valence-corrected chi connectivity index (χ2v) is 3.89. The van der Waals surface area contributed by atoms with Crippen LogP contribution in [0.25, 0.3) is 0 Å². The van der Waals surface area contributed by atoms with Gasteiger partial charge in [-0.25, -0.2) is 0 Å². The molecule has 1 nitrogen and oxygen atoms in total. The second kappa shape index (κ2) is 7.44. The molecule has 86 valence electrons. The molecular formula is C14H25N. The summed E-state index contributed by atoms with van der Waals surface area (Å²) in [5.74, 6) is 0. The van der Waals surface area contributed by atoms with Crippen LogP contribution >= 0.6 is 0 Å². The van der Waals surface area contributed by atoms with Crippen molar-refractivity contribution in [2.24, 2.45) is 0 Å². The molecule has 1 heterocycles. The van der Waals surface area contributed by atoms with Crippen LogP contribution in [-0.2, 0) is 12.8 Å². The first kappa shape index (κ1) is 14.2. The van der Waals surface area contributed by atoms with Crippen LogP contribution in [0.5, 0.6) is 0 Å². The lowest BCUT2D eigenvalue weighted by Crippen LogP contribution is -1.99. The van der Waals surface area contributed by atoms with E-state index >= 15 is 0 Å². The predicted octanol–water partition coefficient (Wildman–Crippen LogP) is 4.24. The predicted molar refractivity (Wildman–Crippen MR) is 68.4 cm³/mol. The van der Waals surface area contributed by atoms with Crippen molar-refractivity contribution in [3.05, 3.63) is 28.6 Å². The Morgan fingerprint density at radius 1 is 1.00 bits per heavy atom. The molecule has 0 amide bonds. The van der Waals surface area contributed by atoms with Crippen molar-refractivity contribution in [2.45, 2.75) is 60.8 Å². The van der Waals surface area contributed by atoms with Gasteiger partial charge in [0.15, 0.2) is 0 Å². The lowest BCUT2D eigenvalue weighted by molar-refractivity contribution is 0.968. The lowest BCUT2D eigenvalue weighted by atomic mass is 9.99. The standard InChI is InChI=1S/C11H17N.C3H8/c1-5-10-7-12-9(4)8(3)11(10)6-2;1-3-2/h7H,5-6H2,1-4H3;3H2,1-2H3. The van der Waals surface area contributed by atoms with E-state index in [1.54, 1.807) is 0 Å². The molecule has 0 unspecified atom stereocenters. The Bertz CT molecular complexity index is 290. The van der Waals surface area contributed by atoms with Crippen LogP contribution in [0.15, 0.2) is 6.20 Å². The van der Waals surface area contributed by atoms with E-state index in [2.05, 4.69) is 46.5 Å². The molecule has 15 heavy (non-hydrogen) atoms. The summed E-state index contributed by atoms with van der Waals surface area (Å²) in [6.45, 7) is 12.9. The Hall–Kier alpha value is -0.850. The van der Waals surface area contributed by atoms with Gasteiger partial charge in [0.25, 0.3) is 0 Å². The Morgan fingerprint density at radius 2 is 1.53 bits per heavy atom. The van der Waals surface area contributed by atoms with Gasteiger partial charge >= 0.3 is 0 Å². The molecule has 0 aromatic carbocycles. The van der Waals surface area contributed by atoms with Crippen LogP contribution in [0.3, 0.4) is 0 Å². The van der Waals surface area contributed by atoms with Gasteiger partial charge in [0.1, 0.15) is 0 Å². The first-order valence-electron chi connectivity index (χ1n) is 6.06. The van der Waals surface area contributed by atoms with E-state index in [0.29, 0.717) is 0 Å². The second-order valence-electron chi connectivity index (χ2n) is 3.89. The molecule has 0 atom stereocenters. The van der Waals surface area contributed by atoms with Crippen LogP contribution in [0.2, 0.25) is 0 Å². The molecule has 0 saturated heterocycles. The van der Waals surface area contributed by atoms with Crippen molar-refractivity contribution < 1.29 is 0 Å². The van der Waals surface area contributed by atoms with Crippen molar-refractivity contribution in [1.29, 1.82) is 0 Å². The molecule has 0 radical (unpaired) electrons. The molecule has 0 saturated carbocycles. The van der Waals surface area contributed by atoms with Crippen LogP contribution in [0.1, 0.15) is 56.5 Å². The topological polar surface area (TPSA) is 12.9 Å². The zero-order valence-electron chi connectivity index (χ0n) is 11.1. The smallest absolute Gasteiger partial charge is 0.0404 e. The molecule has 1 aromatic rings. The number of aryl methyl sites for hydroxylation is 2. The Balaban J connectivity index is 0.000000583. The lowest BCUT2D eigenvalue weighted by Gasteiger charge is -2.10. The van der Waals surface area contributed by atoms with E-state index in [1.165, 1.54) is 28.8 Å². The fourth-order valence-electron chi connectivity index (χ4n) is 1.61. The Kier molecular flexibility index (Phi) is 7.02. The monoisotopic (exact) mass is 207 g/mol. The van der Waals surface area contributed by atoms with Gasteiger partial charge in [-0.05, 0) is 43.4 Å². The normalized spacial score (nSPS) is 9.47. The zero-order valence-corrected chi connectivity index (χ0v) is 11.1. The van der Waals surface area contributed by atoms with Gasteiger partial charge in [-0.2, -0.15) is 0 Å². The van der Waals surface area contributed by atoms with Gasteiger partial charge in [-0.3, -0.25) is 4.98 Å². The van der Waals surface area contributed by atoms with Crippen molar-refractivity contribution >= 4 is 0 Å². The number of rotatable bonds is 2. The number of pyridine rings is 1. The molecule has 1 heteroatoms. The summed E-state index contributed by atoms with van der Waals surface area (Å²) in [5, 5.41) is 0. The van der Waals surface area contributed by atoms with E-state index < -0.39 is 0 Å². The fourth-order valence-corrected chi connectivity index (χ4v) is 1.61. The van der Waals surface area contributed by atoms with Gasteiger partial charge in [0, 0.05) is 11.9 Å². The molecule has 1 aromatic heterocycles. The van der Waals surface area contributed by atoms with E-state index in [0.717, 1.165) is 12.8 Å². The molecule has 0 aliphatic heterocycles. The maximum atomic E-state index is 4.36. The van der Waals surface area contributed by atoms with Crippen molar-refractivity contribution in [3.8, 4) is 0 Å². The minimum atomic E-state index is 1.09. The summed E-state index contributed by atoms with van der Waals surface area (Å²) >= 11 is 0. The third-order valence-electron chi connectivity index (χ3n) is 2.53. The largest absolute Gasteiger partial charge is 0.261 e. The Labute approximate surface area is 94.9 Å². The SMILES string of the molecule is CCC.CCc1cnc(C)c(C)c1CC. The molecule has 0 fully saturated rings. The molecule has 1 rings (SSSR count). The van der Waals surface area contributed by atoms with Gasteiger partial charge < -0.3 is 0 Å². The van der Waals surface area contributed by atoms with Gasteiger partial charge in [-0.1, -0.05) is 34.1 Å². The van der Waals surface area contributed by atoms with Gasteiger partial charge in [0.05, 0.1) is 0 Å². The highest BCUT2D eigenvalue weighted by Gasteiger charge is 2.04. The van der Waals surface area contributed by atoms with Gasteiger partial charge in [-0.15, -0.1) is 0 Å². The average Bonchev–Trinajstić information content (AvgIpc) is 2.23. The molecule has 0 aliphatic rings. The quantitative estimate of drug-likeness (QED) is 0.707. The van der Waals surface area contributed by atoms with Crippen molar-refractivity contribution in [2.75, 3.05) is 0 Å². The average molecular weight is 207 g/mol. The maximum absolute atomic E-state index is 4.36. The van der Waals surface area contributed by atoms with Crippen molar-refractivity contribution in [1.82, 2.24) is 4.98 Å². The van der Waals surface area contributed by atoms with E-state index in [-0.39, 0.29) is 0 Å². The van der Waals surface area contributed by atoms with E-state index in [4.69, 9.17) is 0 Å². The summed E-state index contributed by atoms with van der Waals surface area (Å²) < 4.78 is 0. The summed E-state index contributed by atoms with van der Waals surface area (Å²) in [7, 11) is 0. The minimum Gasteiger partial charge on any atom is -0.261 e. The molecule has 0 spiro atoms. The van der Waals surface area contributed by atoms with Crippen LogP contribution in [0, 0.1) is 13.8 Å². The molecular weight excluding hydrogens is 182 g/mol. The highest BCUT2D eigenvalue weighted by molar-refractivity contribution is 5.35. The number of nitrogens with zero attached hydrogens (tertiary/aromatic N) is 1. The number of aromatic nitrogens is 1. The molecule has 0 bridgehead atoms. The molecule has 0 N–H and O–H groups in total. The first-order valence-corrected chi connectivity index (χ1v) is 6.06. The third-order valence-corrected chi connectivity index (χ3v) is 2.53. The zero-order chi connectivity index (χ0) is 11.8. The summed E-state index contributed by atoms with van der Waals surface area (Å²) in [5.41, 5.74) is 5.44. The van der Waals surface area contributed by atoms with Crippen molar-refractivity contribution in [3.63, 3.8) is 0 Å². The Morgan fingerprint density at radius 3 is 1.93 bits per heavy atom. The fraction of sp³-hybridized carbons (Fsp3) is 0.643. The van der Waals surface area contributed by atoms with E-state index in [9.17, 15) is 0 Å². The highest BCUT2D eigenvalue weighted by atomic mass is 14.7. The summed E-state index contributed by atoms with van der Waals surface area (Å²) in [4.78, 5) is 4.36.